The lowest BCUT2D eigenvalue weighted by atomic mass is 10.0. The second-order valence-electron chi connectivity index (χ2n) is 7.12. The van der Waals surface area contributed by atoms with Crippen molar-refractivity contribution < 1.29 is 4.79 Å². The van der Waals surface area contributed by atoms with Crippen molar-refractivity contribution in [3.63, 3.8) is 0 Å². The molecule has 0 fully saturated rings. The highest BCUT2D eigenvalue weighted by Gasteiger charge is 2.17. The van der Waals surface area contributed by atoms with E-state index in [4.69, 9.17) is 0 Å². The second kappa shape index (κ2) is 9.05. The average molecular weight is 415 g/mol. The first-order chi connectivity index (χ1) is 14.6. The number of Topliss-reactive ketones (excluding diaryl/α,β-unsaturated/α-hetero) is 1. The Balaban J connectivity index is 1.54. The molecule has 0 spiro atoms. The summed E-state index contributed by atoms with van der Waals surface area (Å²) in [4.78, 5) is 17.2. The third kappa shape index (κ3) is 4.49. The van der Waals surface area contributed by atoms with E-state index in [9.17, 15) is 4.79 Å². The van der Waals surface area contributed by atoms with E-state index in [2.05, 4.69) is 33.9 Å². The predicted molar refractivity (Wildman–Crippen MR) is 121 cm³/mol. The third-order valence-electron chi connectivity index (χ3n) is 4.90. The van der Waals surface area contributed by atoms with Gasteiger partial charge in [-0.15, -0.1) is 16.8 Å². The maximum Gasteiger partial charge on any atom is 0.191 e. The number of fused-ring (bicyclic) bond motifs is 1. The smallest absolute Gasteiger partial charge is 0.191 e. The SMILES string of the molecule is C=CCC(Sc1nncn1C)c1cccc(CC(=O)c2cc3ccccc3cn2)c1. The fourth-order valence-electron chi connectivity index (χ4n) is 3.33. The van der Waals surface area contributed by atoms with Crippen LogP contribution in [-0.2, 0) is 13.5 Å². The molecule has 2 aromatic heterocycles. The molecule has 150 valence electrons. The first kappa shape index (κ1) is 20.0. The number of allylic oxidation sites excluding steroid dienone is 1. The molecule has 30 heavy (non-hydrogen) atoms. The number of aryl methyl sites for hydroxylation is 1. The molecular weight excluding hydrogens is 392 g/mol. The summed E-state index contributed by atoms with van der Waals surface area (Å²) in [6, 6.07) is 18.0. The van der Waals surface area contributed by atoms with E-state index in [0.717, 1.165) is 33.5 Å². The molecule has 0 amide bonds. The summed E-state index contributed by atoms with van der Waals surface area (Å²) < 4.78 is 1.90. The van der Waals surface area contributed by atoms with Gasteiger partial charge in [0.2, 0.25) is 0 Å². The number of nitrogens with zero attached hydrogens (tertiary/aromatic N) is 4. The van der Waals surface area contributed by atoms with Gasteiger partial charge in [-0.2, -0.15) is 0 Å². The Morgan fingerprint density at radius 3 is 2.77 bits per heavy atom. The summed E-state index contributed by atoms with van der Waals surface area (Å²) in [6.45, 7) is 3.89. The van der Waals surface area contributed by atoms with Crippen molar-refractivity contribution in [1.82, 2.24) is 19.7 Å². The molecule has 0 N–H and O–H groups in total. The van der Waals surface area contributed by atoms with Crippen molar-refractivity contribution in [3.05, 3.63) is 96.6 Å². The van der Waals surface area contributed by atoms with Crippen molar-refractivity contribution in [1.29, 1.82) is 0 Å². The van der Waals surface area contributed by atoms with Crippen LogP contribution in [0, 0.1) is 0 Å². The van der Waals surface area contributed by atoms with E-state index in [1.807, 2.05) is 60.2 Å². The summed E-state index contributed by atoms with van der Waals surface area (Å²) >= 11 is 1.65. The largest absolute Gasteiger partial charge is 0.312 e. The Bertz CT molecular complexity index is 1200. The van der Waals surface area contributed by atoms with E-state index >= 15 is 0 Å². The van der Waals surface area contributed by atoms with E-state index in [-0.39, 0.29) is 11.0 Å². The number of aromatic nitrogens is 4. The van der Waals surface area contributed by atoms with Crippen LogP contribution in [-0.4, -0.2) is 25.5 Å². The molecule has 0 aliphatic heterocycles. The lowest BCUT2D eigenvalue weighted by Gasteiger charge is -2.15. The van der Waals surface area contributed by atoms with Gasteiger partial charge >= 0.3 is 0 Å². The van der Waals surface area contributed by atoms with Crippen LogP contribution in [0.5, 0.6) is 0 Å². The van der Waals surface area contributed by atoms with Gasteiger partial charge in [0.1, 0.15) is 12.0 Å². The number of benzene rings is 2. The minimum absolute atomic E-state index is 0.0131. The highest BCUT2D eigenvalue weighted by atomic mass is 32.2. The minimum atomic E-state index is 0.0131. The standard InChI is InChI=1S/C24H22N4OS/c1-3-7-23(30-24-27-26-16-28(24)2)19-11-6-8-17(12-19)13-22(29)21-14-18-9-4-5-10-20(18)15-25-21/h3-6,8-12,14-16,23H,1,7,13H2,2H3. The molecule has 6 heteroatoms. The molecule has 2 heterocycles. The molecule has 1 atom stereocenters. The van der Waals surface area contributed by atoms with Crippen LogP contribution in [0.25, 0.3) is 10.8 Å². The first-order valence-electron chi connectivity index (χ1n) is 9.72. The van der Waals surface area contributed by atoms with Gasteiger partial charge < -0.3 is 4.57 Å². The van der Waals surface area contributed by atoms with E-state index in [1.165, 1.54) is 0 Å². The number of carbonyl (C=O) groups is 1. The molecule has 1 unspecified atom stereocenters. The predicted octanol–water partition coefficient (Wildman–Crippen LogP) is 5.20. The van der Waals surface area contributed by atoms with Crippen LogP contribution in [0.3, 0.4) is 0 Å². The van der Waals surface area contributed by atoms with Crippen molar-refractivity contribution in [2.24, 2.45) is 7.05 Å². The lowest BCUT2D eigenvalue weighted by Crippen LogP contribution is -2.06. The highest BCUT2D eigenvalue weighted by molar-refractivity contribution is 7.99. The number of hydrogen-bond donors (Lipinski definition) is 0. The van der Waals surface area contributed by atoms with Crippen molar-refractivity contribution in [2.75, 3.05) is 0 Å². The molecule has 4 aromatic rings. The molecule has 0 aliphatic carbocycles. The molecular formula is C24H22N4OS. The Morgan fingerprint density at radius 1 is 1.17 bits per heavy atom. The summed E-state index contributed by atoms with van der Waals surface area (Å²) in [7, 11) is 1.93. The van der Waals surface area contributed by atoms with Crippen LogP contribution >= 0.6 is 11.8 Å². The number of pyridine rings is 1. The summed E-state index contributed by atoms with van der Waals surface area (Å²) in [6.07, 6.45) is 6.47. The maximum atomic E-state index is 12.9. The monoisotopic (exact) mass is 414 g/mol. The fourth-order valence-corrected chi connectivity index (χ4v) is 4.40. The van der Waals surface area contributed by atoms with E-state index in [1.54, 1.807) is 24.3 Å². The van der Waals surface area contributed by atoms with E-state index in [0.29, 0.717) is 12.1 Å². The van der Waals surface area contributed by atoms with Gasteiger partial charge in [0.05, 0.1) is 0 Å². The maximum absolute atomic E-state index is 12.9. The number of carbonyl (C=O) groups excluding carboxylic acids is 1. The Morgan fingerprint density at radius 2 is 2.00 bits per heavy atom. The van der Waals surface area contributed by atoms with Crippen LogP contribution in [0.15, 0.2) is 84.9 Å². The summed E-state index contributed by atoms with van der Waals surface area (Å²) in [5.41, 5.74) is 2.61. The number of rotatable bonds is 8. The van der Waals surface area contributed by atoms with Crippen LogP contribution < -0.4 is 0 Å². The van der Waals surface area contributed by atoms with Crippen molar-refractivity contribution in [2.45, 2.75) is 23.2 Å². The quantitative estimate of drug-likeness (QED) is 0.225. The molecule has 4 rings (SSSR count). The number of ketones is 1. The van der Waals surface area contributed by atoms with E-state index < -0.39 is 0 Å². The van der Waals surface area contributed by atoms with Gasteiger partial charge in [0.15, 0.2) is 10.9 Å². The van der Waals surface area contributed by atoms with Gasteiger partial charge in [-0.1, -0.05) is 66.4 Å². The molecule has 2 aromatic carbocycles. The number of thioether (sulfide) groups is 1. The van der Waals surface area contributed by atoms with Crippen molar-refractivity contribution in [3.8, 4) is 0 Å². The fraction of sp³-hybridized carbons (Fsp3) is 0.167. The van der Waals surface area contributed by atoms with Crippen LogP contribution in [0.1, 0.15) is 33.3 Å². The average Bonchev–Trinajstić information content (AvgIpc) is 3.17. The first-order valence-corrected chi connectivity index (χ1v) is 10.6. The summed E-state index contributed by atoms with van der Waals surface area (Å²) in [5, 5.41) is 11.2. The normalized spacial score (nSPS) is 12.0. The zero-order valence-electron chi connectivity index (χ0n) is 16.7. The van der Waals surface area contributed by atoms with Gasteiger partial charge in [0, 0.05) is 30.3 Å². The highest BCUT2D eigenvalue weighted by Crippen LogP contribution is 2.37. The van der Waals surface area contributed by atoms with Crippen molar-refractivity contribution >= 4 is 28.3 Å². The zero-order chi connectivity index (χ0) is 20.9. The third-order valence-corrected chi connectivity index (χ3v) is 6.23. The van der Waals surface area contributed by atoms with Gasteiger partial charge in [-0.05, 0) is 29.0 Å². The topological polar surface area (TPSA) is 60.7 Å². The summed E-state index contributed by atoms with van der Waals surface area (Å²) in [5.74, 6) is 0.0131. The van der Waals surface area contributed by atoms with Gasteiger partial charge in [-0.25, -0.2) is 0 Å². The Labute approximate surface area is 179 Å². The van der Waals surface area contributed by atoms with Gasteiger partial charge in [-0.3, -0.25) is 9.78 Å². The minimum Gasteiger partial charge on any atom is -0.312 e. The molecule has 0 saturated heterocycles. The lowest BCUT2D eigenvalue weighted by molar-refractivity contribution is 0.0988. The molecule has 5 nitrogen and oxygen atoms in total. The second-order valence-corrected chi connectivity index (χ2v) is 8.29. The molecule has 0 saturated carbocycles. The molecule has 0 aliphatic rings. The van der Waals surface area contributed by atoms with Crippen LogP contribution in [0.2, 0.25) is 0 Å². The molecule has 0 radical (unpaired) electrons. The zero-order valence-corrected chi connectivity index (χ0v) is 17.5. The number of hydrogen-bond acceptors (Lipinski definition) is 5. The molecule has 0 bridgehead atoms. The van der Waals surface area contributed by atoms with Crippen LogP contribution in [0.4, 0.5) is 0 Å². The van der Waals surface area contributed by atoms with Gasteiger partial charge in [0.25, 0.3) is 0 Å². The Kier molecular flexibility index (Phi) is 6.05. The Hall–Kier alpha value is -3.25.